The minimum Gasteiger partial charge on any atom is -0.300 e. The third-order valence-electron chi connectivity index (χ3n) is 1.94. The number of anilines is 1. The van der Waals surface area contributed by atoms with Crippen LogP contribution in [0.1, 0.15) is 16.6 Å². The monoisotopic (exact) mass is 264 g/mol. The van der Waals surface area contributed by atoms with Crippen LogP contribution in [0.15, 0.2) is 17.0 Å². The first-order valence-corrected chi connectivity index (χ1v) is 6.48. The molecule has 0 saturated carbocycles. The second-order valence-electron chi connectivity index (χ2n) is 3.22. The molecule has 2 aromatic rings. The summed E-state index contributed by atoms with van der Waals surface area (Å²) in [6, 6.07) is 1.96. The molecule has 17 heavy (non-hydrogen) atoms. The lowest BCUT2D eigenvalue weighted by atomic mass is 10.2. The average molecular weight is 264 g/mol. The molecule has 0 radical (unpaired) electrons. The van der Waals surface area contributed by atoms with Crippen molar-refractivity contribution < 1.29 is 4.79 Å². The minimum absolute atomic E-state index is 0.392. The highest BCUT2D eigenvalue weighted by Gasteiger charge is 2.23. The fraction of sp³-hybridized carbons (Fsp3) is 0.200. The number of carbonyl (C=O) groups is 1. The molecule has 1 atom stereocenters. The number of nitriles is 1. The second kappa shape index (κ2) is 5.03. The van der Waals surface area contributed by atoms with Gasteiger partial charge in [0.05, 0.1) is 6.07 Å². The van der Waals surface area contributed by atoms with Crippen molar-refractivity contribution >= 4 is 33.7 Å². The number of hydrogen-bond acceptors (Lipinski definition) is 6. The summed E-state index contributed by atoms with van der Waals surface area (Å²) < 4.78 is 0. The molecule has 0 aromatic carbocycles. The van der Waals surface area contributed by atoms with Gasteiger partial charge in [0.15, 0.2) is 11.0 Å². The van der Waals surface area contributed by atoms with Crippen LogP contribution in [0.5, 0.6) is 0 Å². The summed E-state index contributed by atoms with van der Waals surface area (Å²) in [6.07, 6.45) is 1.59. The quantitative estimate of drug-likeness (QED) is 0.921. The van der Waals surface area contributed by atoms with Gasteiger partial charge in [0, 0.05) is 22.7 Å². The van der Waals surface area contributed by atoms with Gasteiger partial charge in [-0.05, 0) is 6.92 Å². The molecule has 2 heterocycles. The number of hydrogen-bond donors (Lipinski definition) is 1. The maximum absolute atomic E-state index is 11.9. The molecule has 5 nitrogen and oxygen atoms in total. The van der Waals surface area contributed by atoms with Gasteiger partial charge in [-0.2, -0.15) is 5.26 Å². The van der Waals surface area contributed by atoms with E-state index in [1.165, 1.54) is 22.7 Å². The number of aryl methyl sites for hydroxylation is 1. The molecule has 1 N–H and O–H groups in total. The summed E-state index contributed by atoms with van der Waals surface area (Å²) in [7, 11) is 0. The molecule has 2 rings (SSSR count). The van der Waals surface area contributed by atoms with Crippen molar-refractivity contribution in [2.45, 2.75) is 12.8 Å². The summed E-state index contributed by atoms with van der Waals surface area (Å²) >= 11 is 2.62. The number of nitrogens with zero attached hydrogens (tertiary/aromatic N) is 3. The first kappa shape index (κ1) is 11.7. The summed E-state index contributed by atoms with van der Waals surface area (Å²) in [6.45, 7) is 1.83. The Morgan fingerprint density at radius 1 is 1.59 bits per heavy atom. The fourth-order valence-electron chi connectivity index (χ4n) is 1.19. The van der Waals surface area contributed by atoms with Crippen LogP contribution < -0.4 is 5.32 Å². The number of rotatable bonds is 3. The smallest absolute Gasteiger partial charge is 0.250 e. The molecule has 0 saturated heterocycles. The molecule has 2 aromatic heterocycles. The molecule has 0 spiro atoms. The van der Waals surface area contributed by atoms with Crippen LogP contribution in [0, 0.1) is 18.3 Å². The first-order chi connectivity index (χ1) is 8.20. The molecule has 7 heteroatoms. The maximum Gasteiger partial charge on any atom is 0.250 e. The summed E-state index contributed by atoms with van der Waals surface area (Å²) in [5, 5.41) is 16.2. The fourth-order valence-corrected chi connectivity index (χ4v) is 2.56. The largest absolute Gasteiger partial charge is 0.300 e. The van der Waals surface area contributed by atoms with E-state index in [4.69, 9.17) is 5.26 Å². The highest BCUT2D eigenvalue weighted by atomic mass is 32.1. The topological polar surface area (TPSA) is 78.7 Å². The number of carbonyl (C=O) groups excluding carboxylic acids is 1. The molecule has 0 aliphatic heterocycles. The lowest BCUT2D eigenvalue weighted by molar-refractivity contribution is -0.116. The van der Waals surface area contributed by atoms with Crippen molar-refractivity contribution in [3.8, 4) is 6.07 Å². The van der Waals surface area contributed by atoms with Gasteiger partial charge in [0.25, 0.3) is 5.91 Å². The van der Waals surface area contributed by atoms with E-state index in [1.807, 2.05) is 18.4 Å². The van der Waals surface area contributed by atoms with E-state index in [-0.39, 0.29) is 0 Å². The third-order valence-corrected chi connectivity index (χ3v) is 3.65. The lowest BCUT2D eigenvalue weighted by Gasteiger charge is -2.04. The summed E-state index contributed by atoms with van der Waals surface area (Å²) in [5.41, 5.74) is 0.812. The Hall–Kier alpha value is -1.78. The Bertz CT molecular complexity index is 555. The van der Waals surface area contributed by atoms with Gasteiger partial charge < -0.3 is 5.32 Å². The normalized spacial score (nSPS) is 11.8. The van der Waals surface area contributed by atoms with Crippen LogP contribution in [0.4, 0.5) is 5.13 Å². The zero-order chi connectivity index (χ0) is 12.3. The zero-order valence-corrected chi connectivity index (χ0v) is 10.5. The van der Waals surface area contributed by atoms with Crippen molar-refractivity contribution in [2.75, 3.05) is 5.32 Å². The standard InChI is InChI=1S/C10H8N4OS2/c1-6-5-17-9(13-6)7(4-11)8(15)14-10-12-2-3-16-10/h2-3,5,7H,1H3,(H,12,14,15)/t7-/m1/s1. The Kier molecular flexibility index (Phi) is 3.46. The molecule has 0 unspecified atom stereocenters. The van der Waals surface area contributed by atoms with Crippen molar-refractivity contribution in [3.05, 3.63) is 27.7 Å². The molecule has 0 aliphatic rings. The van der Waals surface area contributed by atoms with Crippen LogP contribution in [0.3, 0.4) is 0 Å². The summed E-state index contributed by atoms with van der Waals surface area (Å²) in [5.74, 6) is -1.27. The maximum atomic E-state index is 11.9. The number of aromatic nitrogens is 2. The number of thiazole rings is 2. The SMILES string of the molecule is Cc1csc([C@H](C#N)C(=O)Nc2nccs2)n1. The molecule has 86 valence electrons. The van der Waals surface area contributed by atoms with E-state index < -0.39 is 11.8 Å². The Labute approximate surface area is 106 Å². The van der Waals surface area contributed by atoms with Crippen molar-refractivity contribution in [2.24, 2.45) is 0 Å². The van der Waals surface area contributed by atoms with E-state index in [2.05, 4.69) is 15.3 Å². The van der Waals surface area contributed by atoms with Gasteiger partial charge in [-0.1, -0.05) is 0 Å². The molecule has 0 bridgehead atoms. The zero-order valence-electron chi connectivity index (χ0n) is 8.88. The van der Waals surface area contributed by atoms with Crippen molar-refractivity contribution in [3.63, 3.8) is 0 Å². The Morgan fingerprint density at radius 3 is 2.94 bits per heavy atom. The van der Waals surface area contributed by atoms with Gasteiger partial charge >= 0.3 is 0 Å². The summed E-state index contributed by atoms with van der Waals surface area (Å²) in [4.78, 5) is 19.9. The minimum atomic E-state index is -0.877. The lowest BCUT2D eigenvalue weighted by Crippen LogP contribution is -2.19. The van der Waals surface area contributed by atoms with E-state index in [0.717, 1.165) is 5.69 Å². The molecular formula is C10H8N4OS2. The van der Waals surface area contributed by atoms with Crippen molar-refractivity contribution in [1.29, 1.82) is 5.26 Å². The highest BCUT2D eigenvalue weighted by Crippen LogP contribution is 2.22. The molecule has 0 aliphatic carbocycles. The Morgan fingerprint density at radius 2 is 2.41 bits per heavy atom. The van der Waals surface area contributed by atoms with Crippen LogP contribution in [-0.4, -0.2) is 15.9 Å². The highest BCUT2D eigenvalue weighted by molar-refractivity contribution is 7.13. The van der Waals surface area contributed by atoms with Gasteiger partial charge in [-0.25, -0.2) is 9.97 Å². The van der Waals surface area contributed by atoms with Crippen molar-refractivity contribution in [1.82, 2.24) is 9.97 Å². The Balaban J connectivity index is 2.14. The molecule has 1 amide bonds. The number of nitrogens with one attached hydrogen (secondary N) is 1. The van der Waals surface area contributed by atoms with Gasteiger partial charge in [-0.3, -0.25) is 4.79 Å². The van der Waals surface area contributed by atoms with E-state index in [0.29, 0.717) is 10.1 Å². The van der Waals surface area contributed by atoms with E-state index >= 15 is 0 Å². The van der Waals surface area contributed by atoms with Gasteiger partial charge in [0.2, 0.25) is 0 Å². The third kappa shape index (κ3) is 2.67. The molecular weight excluding hydrogens is 256 g/mol. The first-order valence-electron chi connectivity index (χ1n) is 4.72. The molecule has 0 fully saturated rings. The van der Waals surface area contributed by atoms with Crippen LogP contribution in [-0.2, 0) is 4.79 Å². The van der Waals surface area contributed by atoms with E-state index in [9.17, 15) is 4.79 Å². The van der Waals surface area contributed by atoms with E-state index in [1.54, 1.807) is 11.6 Å². The predicted octanol–water partition coefficient (Wildman–Crippen LogP) is 2.15. The number of amides is 1. The average Bonchev–Trinajstić information content (AvgIpc) is 2.91. The van der Waals surface area contributed by atoms with Crippen LogP contribution in [0.25, 0.3) is 0 Å². The van der Waals surface area contributed by atoms with Crippen LogP contribution >= 0.6 is 22.7 Å². The second-order valence-corrected chi connectivity index (χ2v) is 5.00. The van der Waals surface area contributed by atoms with Gasteiger partial charge in [0.1, 0.15) is 5.01 Å². The van der Waals surface area contributed by atoms with Crippen LogP contribution in [0.2, 0.25) is 0 Å². The predicted molar refractivity (Wildman–Crippen MR) is 65.9 cm³/mol. The van der Waals surface area contributed by atoms with Gasteiger partial charge in [-0.15, -0.1) is 22.7 Å².